The third-order valence-corrected chi connectivity index (χ3v) is 6.10. The molecule has 8 heteroatoms. The smallest absolute Gasteiger partial charge is 0.255 e. The summed E-state index contributed by atoms with van der Waals surface area (Å²) in [7, 11) is -3.08. The van der Waals surface area contributed by atoms with Gasteiger partial charge in [-0.25, -0.2) is 12.8 Å². The van der Waals surface area contributed by atoms with Crippen LogP contribution in [0.3, 0.4) is 0 Å². The average Bonchev–Trinajstić information content (AvgIpc) is 2.95. The van der Waals surface area contributed by atoms with Crippen molar-refractivity contribution in [3.8, 4) is 0 Å². The van der Waals surface area contributed by atoms with Crippen LogP contribution in [0.15, 0.2) is 42.7 Å². The van der Waals surface area contributed by atoms with E-state index in [4.69, 9.17) is 0 Å². The highest BCUT2D eigenvalue weighted by molar-refractivity contribution is 7.91. The Morgan fingerprint density at radius 1 is 1.31 bits per heavy atom. The van der Waals surface area contributed by atoms with Gasteiger partial charge >= 0.3 is 0 Å². The fourth-order valence-corrected chi connectivity index (χ4v) is 4.84. The summed E-state index contributed by atoms with van der Waals surface area (Å²) in [5, 5.41) is 3.01. The number of anilines is 2. The van der Waals surface area contributed by atoms with E-state index >= 15 is 0 Å². The zero-order valence-electron chi connectivity index (χ0n) is 14.4. The highest BCUT2D eigenvalue weighted by Gasteiger charge is 2.34. The molecule has 1 unspecified atom stereocenters. The molecule has 0 bridgehead atoms. The van der Waals surface area contributed by atoms with Crippen LogP contribution in [0.4, 0.5) is 15.8 Å². The highest BCUT2D eigenvalue weighted by atomic mass is 32.2. The van der Waals surface area contributed by atoms with Gasteiger partial charge in [-0.05, 0) is 37.6 Å². The van der Waals surface area contributed by atoms with E-state index < -0.39 is 9.84 Å². The van der Waals surface area contributed by atoms with Gasteiger partial charge in [0.15, 0.2) is 9.84 Å². The van der Waals surface area contributed by atoms with Crippen molar-refractivity contribution in [1.82, 2.24) is 9.88 Å². The number of benzene rings is 1. The van der Waals surface area contributed by atoms with Crippen molar-refractivity contribution in [2.24, 2.45) is 0 Å². The molecule has 0 spiro atoms. The molecule has 6 nitrogen and oxygen atoms in total. The summed E-state index contributed by atoms with van der Waals surface area (Å²) in [5.41, 5.74) is 1.46. The normalized spacial score (nSPS) is 18.5. The predicted octanol–water partition coefficient (Wildman–Crippen LogP) is 2.61. The van der Waals surface area contributed by atoms with Gasteiger partial charge in [0.2, 0.25) is 0 Å². The molecular weight excluding hydrogens is 357 g/mol. The van der Waals surface area contributed by atoms with E-state index in [2.05, 4.69) is 10.3 Å². The second-order valence-electron chi connectivity index (χ2n) is 6.25. The third kappa shape index (κ3) is 4.19. The number of pyridine rings is 1. The average molecular weight is 377 g/mol. The Balaban J connectivity index is 1.79. The number of sulfone groups is 1. The number of hydrogen-bond acceptors (Lipinski definition) is 5. The maximum Gasteiger partial charge on any atom is 0.255 e. The standard InChI is InChI=1S/C18H20FN3O3S/c1-2-22(17-6-7-26(24,25)12-17)18(23)13-8-16(11-20-10-13)21-15-5-3-4-14(19)9-15/h3-5,8-11,17,21H,2,6-7,12H2,1H3. The topological polar surface area (TPSA) is 79.4 Å². The van der Waals surface area contributed by atoms with Gasteiger partial charge in [-0.15, -0.1) is 0 Å². The molecule has 0 saturated carbocycles. The van der Waals surface area contributed by atoms with Crippen molar-refractivity contribution in [2.75, 3.05) is 23.4 Å². The monoisotopic (exact) mass is 377 g/mol. The van der Waals surface area contributed by atoms with Crippen LogP contribution < -0.4 is 5.32 Å². The minimum Gasteiger partial charge on any atom is -0.354 e. The van der Waals surface area contributed by atoms with Gasteiger partial charge < -0.3 is 10.2 Å². The molecule has 1 aliphatic heterocycles. The number of nitrogens with zero attached hydrogens (tertiary/aromatic N) is 2. The Morgan fingerprint density at radius 3 is 2.77 bits per heavy atom. The summed E-state index contributed by atoms with van der Waals surface area (Å²) < 4.78 is 36.7. The van der Waals surface area contributed by atoms with E-state index in [1.807, 2.05) is 6.92 Å². The summed E-state index contributed by atoms with van der Waals surface area (Å²) in [4.78, 5) is 18.5. The summed E-state index contributed by atoms with van der Waals surface area (Å²) >= 11 is 0. The van der Waals surface area contributed by atoms with Crippen molar-refractivity contribution >= 4 is 27.1 Å². The third-order valence-electron chi connectivity index (χ3n) is 4.35. The van der Waals surface area contributed by atoms with Crippen LogP contribution in [0.25, 0.3) is 0 Å². The molecular formula is C18H20FN3O3S. The molecule has 2 heterocycles. The van der Waals surface area contributed by atoms with E-state index in [1.165, 1.54) is 24.5 Å². The lowest BCUT2D eigenvalue weighted by atomic mass is 10.1. The molecule has 2 aromatic rings. The lowest BCUT2D eigenvalue weighted by molar-refractivity contribution is 0.0708. The lowest BCUT2D eigenvalue weighted by Gasteiger charge is -2.27. The van der Waals surface area contributed by atoms with Crippen molar-refractivity contribution < 1.29 is 17.6 Å². The minimum atomic E-state index is -3.08. The van der Waals surface area contributed by atoms with Crippen molar-refractivity contribution in [1.29, 1.82) is 0 Å². The second-order valence-corrected chi connectivity index (χ2v) is 8.47. The fraction of sp³-hybridized carbons (Fsp3) is 0.333. The molecule has 0 aliphatic carbocycles. The lowest BCUT2D eigenvalue weighted by Crippen LogP contribution is -2.41. The zero-order valence-corrected chi connectivity index (χ0v) is 15.2. The number of carbonyl (C=O) groups is 1. The molecule has 1 aromatic heterocycles. The highest BCUT2D eigenvalue weighted by Crippen LogP contribution is 2.22. The van der Waals surface area contributed by atoms with Gasteiger partial charge in [0.25, 0.3) is 5.91 Å². The first-order chi connectivity index (χ1) is 12.4. The Labute approximate surface area is 152 Å². The minimum absolute atomic E-state index is 0.00123. The maximum atomic E-state index is 13.3. The maximum absolute atomic E-state index is 13.3. The van der Waals surface area contributed by atoms with Gasteiger partial charge in [0.05, 0.1) is 29.0 Å². The van der Waals surface area contributed by atoms with Gasteiger partial charge in [-0.1, -0.05) is 6.07 Å². The molecule has 1 aliphatic rings. The summed E-state index contributed by atoms with van der Waals surface area (Å²) in [6, 6.07) is 7.30. The van der Waals surface area contributed by atoms with Crippen LogP contribution in [-0.2, 0) is 9.84 Å². The number of halogens is 1. The molecule has 1 aromatic carbocycles. The largest absolute Gasteiger partial charge is 0.354 e. The molecule has 3 rings (SSSR count). The number of rotatable bonds is 5. The first kappa shape index (κ1) is 18.3. The van der Waals surface area contributed by atoms with Crippen molar-refractivity contribution in [3.05, 3.63) is 54.1 Å². The number of hydrogen-bond donors (Lipinski definition) is 1. The summed E-state index contributed by atoms with van der Waals surface area (Å²) in [6.45, 7) is 2.24. The van der Waals surface area contributed by atoms with Gasteiger partial charge in [-0.2, -0.15) is 0 Å². The first-order valence-electron chi connectivity index (χ1n) is 8.37. The molecule has 1 fully saturated rings. The predicted molar refractivity (Wildman–Crippen MR) is 97.7 cm³/mol. The SMILES string of the molecule is CCN(C(=O)c1cncc(Nc2cccc(F)c2)c1)C1CCS(=O)(=O)C1. The summed E-state index contributed by atoms with van der Waals surface area (Å²) in [6.07, 6.45) is 3.44. The molecule has 1 saturated heterocycles. The van der Waals surface area contributed by atoms with Crippen LogP contribution in [-0.4, -0.2) is 48.3 Å². The quantitative estimate of drug-likeness (QED) is 0.866. The Hall–Kier alpha value is -2.48. The van der Waals surface area contributed by atoms with Gasteiger partial charge in [-0.3, -0.25) is 9.78 Å². The second kappa shape index (κ2) is 7.41. The van der Waals surface area contributed by atoms with Crippen LogP contribution in [0.1, 0.15) is 23.7 Å². The Bertz CT molecular complexity index is 917. The number of nitrogens with one attached hydrogen (secondary N) is 1. The van der Waals surface area contributed by atoms with Crippen LogP contribution >= 0.6 is 0 Å². The molecule has 26 heavy (non-hydrogen) atoms. The van der Waals surface area contributed by atoms with E-state index in [1.54, 1.807) is 23.1 Å². The van der Waals surface area contributed by atoms with E-state index in [0.29, 0.717) is 29.9 Å². The molecule has 1 atom stereocenters. The Kier molecular flexibility index (Phi) is 5.22. The van der Waals surface area contributed by atoms with E-state index in [0.717, 1.165) is 0 Å². The Morgan fingerprint density at radius 2 is 2.12 bits per heavy atom. The van der Waals surface area contributed by atoms with Gasteiger partial charge in [0.1, 0.15) is 5.82 Å². The van der Waals surface area contributed by atoms with Crippen molar-refractivity contribution in [3.63, 3.8) is 0 Å². The number of amides is 1. The number of carbonyl (C=O) groups excluding carboxylic acids is 1. The van der Waals surface area contributed by atoms with Crippen LogP contribution in [0, 0.1) is 5.82 Å². The number of aromatic nitrogens is 1. The van der Waals surface area contributed by atoms with Gasteiger partial charge in [0, 0.05) is 24.5 Å². The van der Waals surface area contributed by atoms with Crippen molar-refractivity contribution in [2.45, 2.75) is 19.4 Å². The molecule has 1 N–H and O–H groups in total. The summed E-state index contributed by atoms with van der Waals surface area (Å²) in [5.74, 6) is -0.512. The molecule has 1 amide bonds. The molecule has 138 valence electrons. The zero-order chi connectivity index (χ0) is 18.7. The molecule has 0 radical (unpaired) electrons. The van der Waals surface area contributed by atoms with Crippen LogP contribution in [0.5, 0.6) is 0 Å². The first-order valence-corrected chi connectivity index (χ1v) is 10.2. The van der Waals surface area contributed by atoms with E-state index in [-0.39, 0.29) is 29.3 Å². The van der Waals surface area contributed by atoms with Crippen LogP contribution in [0.2, 0.25) is 0 Å². The fourth-order valence-electron chi connectivity index (χ4n) is 3.11. The van der Waals surface area contributed by atoms with E-state index in [9.17, 15) is 17.6 Å².